The van der Waals surface area contributed by atoms with E-state index in [0.29, 0.717) is 0 Å². The fourth-order valence-electron chi connectivity index (χ4n) is 1.70. The molecule has 0 bridgehead atoms. The van der Waals surface area contributed by atoms with Crippen molar-refractivity contribution >= 4 is 12.1 Å². The monoisotopic (exact) mass is 249 g/mol. The molecule has 1 aliphatic rings. The van der Waals surface area contributed by atoms with Gasteiger partial charge in [-0.1, -0.05) is 30.3 Å². The number of carbonyl (C=O) groups excluding carboxylic acids is 1. The van der Waals surface area contributed by atoms with Crippen LogP contribution in [0.5, 0.6) is 0 Å². The van der Waals surface area contributed by atoms with Crippen LogP contribution in [-0.4, -0.2) is 23.2 Å². The van der Waals surface area contributed by atoms with E-state index in [2.05, 4.69) is 5.32 Å². The van der Waals surface area contributed by atoms with E-state index in [1.165, 1.54) is 0 Å². The average Bonchev–Trinajstić information content (AvgIpc) is 3.18. The van der Waals surface area contributed by atoms with Gasteiger partial charge in [0.25, 0.3) is 0 Å². The lowest BCUT2D eigenvalue weighted by Crippen LogP contribution is -2.42. The number of aliphatic carboxylic acids is 1. The van der Waals surface area contributed by atoms with E-state index in [-0.39, 0.29) is 12.5 Å². The van der Waals surface area contributed by atoms with Crippen LogP contribution in [0.2, 0.25) is 0 Å². The second kappa shape index (κ2) is 5.53. The van der Waals surface area contributed by atoms with Crippen LogP contribution in [0.1, 0.15) is 18.4 Å². The third-order valence-corrected chi connectivity index (χ3v) is 2.85. The average molecular weight is 249 g/mol. The smallest absolute Gasteiger partial charge is 0.408 e. The summed E-state index contributed by atoms with van der Waals surface area (Å²) in [6, 6.07) is 8.41. The normalized spacial score (nSPS) is 15.8. The van der Waals surface area contributed by atoms with Gasteiger partial charge < -0.3 is 15.2 Å². The summed E-state index contributed by atoms with van der Waals surface area (Å²) in [6.07, 6.45) is 1.00. The maximum atomic E-state index is 11.5. The van der Waals surface area contributed by atoms with E-state index >= 15 is 0 Å². The lowest BCUT2D eigenvalue weighted by Gasteiger charge is -2.13. The van der Waals surface area contributed by atoms with E-state index in [9.17, 15) is 9.59 Å². The lowest BCUT2D eigenvalue weighted by atomic mass is 10.2. The van der Waals surface area contributed by atoms with Crippen molar-refractivity contribution in [3.8, 4) is 0 Å². The van der Waals surface area contributed by atoms with Gasteiger partial charge in [0.05, 0.1) is 0 Å². The minimum atomic E-state index is -1.01. The van der Waals surface area contributed by atoms with E-state index < -0.39 is 18.1 Å². The van der Waals surface area contributed by atoms with Crippen LogP contribution >= 0.6 is 0 Å². The Balaban J connectivity index is 1.79. The molecule has 0 unspecified atom stereocenters. The van der Waals surface area contributed by atoms with Gasteiger partial charge in [-0.05, 0) is 24.3 Å². The molecule has 1 aromatic carbocycles. The van der Waals surface area contributed by atoms with Crippen molar-refractivity contribution in [1.29, 1.82) is 0 Å². The van der Waals surface area contributed by atoms with Crippen LogP contribution in [0, 0.1) is 5.92 Å². The predicted octanol–water partition coefficient (Wildman–Crippen LogP) is 1.78. The van der Waals surface area contributed by atoms with Crippen molar-refractivity contribution in [2.24, 2.45) is 5.92 Å². The fourth-order valence-corrected chi connectivity index (χ4v) is 1.70. The first kappa shape index (κ1) is 12.4. The molecule has 1 amide bonds. The number of carbonyl (C=O) groups is 2. The standard InChI is InChI=1S/C13H15NO4/c15-12(16)11(10-6-7-10)14-13(17)18-8-9-4-2-1-3-5-9/h1-5,10-11H,6-8H2,(H,14,17)(H,15,16)/t11-/m1/s1. The summed E-state index contributed by atoms with van der Waals surface area (Å²) in [5.41, 5.74) is 0.867. The Morgan fingerprint density at radius 3 is 2.56 bits per heavy atom. The van der Waals surface area contributed by atoms with Crippen molar-refractivity contribution in [3.05, 3.63) is 35.9 Å². The van der Waals surface area contributed by atoms with Gasteiger partial charge >= 0.3 is 12.1 Å². The summed E-state index contributed by atoms with van der Waals surface area (Å²) in [6.45, 7) is 0.143. The second-order valence-corrected chi connectivity index (χ2v) is 4.36. The van der Waals surface area contributed by atoms with Gasteiger partial charge in [0.1, 0.15) is 12.6 Å². The minimum Gasteiger partial charge on any atom is -0.480 e. The minimum absolute atomic E-state index is 0.0479. The highest BCUT2D eigenvalue weighted by atomic mass is 16.5. The van der Waals surface area contributed by atoms with Gasteiger partial charge in [-0.3, -0.25) is 0 Å². The summed E-state index contributed by atoms with van der Waals surface area (Å²) in [5, 5.41) is 11.3. The van der Waals surface area contributed by atoms with E-state index in [1.54, 1.807) is 0 Å². The van der Waals surface area contributed by atoms with Gasteiger partial charge in [0, 0.05) is 0 Å². The Labute approximate surface area is 105 Å². The Hall–Kier alpha value is -2.04. The van der Waals surface area contributed by atoms with Crippen molar-refractivity contribution in [1.82, 2.24) is 5.32 Å². The molecular weight excluding hydrogens is 234 g/mol. The Morgan fingerprint density at radius 1 is 1.33 bits per heavy atom. The largest absolute Gasteiger partial charge is 0.480 e. The zero-order valence-corrected chi connectivity index (χ0v) is 9.83. The first-order chi connectivity index (χ1) is 8.66. The number of nitrogens with one attached hydrogen (secondary N) is 1. The summed E-state index contributed by atoms with van der Waals surface area (Å²) < 4.78 is 4.97. The molecule has 0 aromatic heterocycles. The number of alkyl carbamates (subject to hydrolysis) is 1. The number of carboxylic acid groups (broad SMARTS) is 1. The van der Waals surface area contributed by atoms with Gasteiger partial charge in [0.15, 0.2) is 0 Å². The van der Waals surface area contributed by atoms with Crippen LogP contribution in [-0.2, 0) is 16.1 Å². The number of ether oxygens (including phenoxy) is 1. The van der Waals surface area contributed by atoms with Crippen LogP contribution in [0.25, 0.3) is 0 Å². The molecular formula is C13H15NO4. The fraction of sp³-hybridized carbons (Fsp3) is 0.385. The molecule has 1 aliphatic carbocycles. The number of hydrogen-bond donors (Lipinski definition) is 2. The molecule has 2 rings (SSSR count). The molecule has 5 nitrogen and oxygen atoms in total. The number of amides is 1. The van der Waals surface area contributed by atoms with E-state index in [0.717, 1.165) is 18.4 Å². The molecule has 1 atom stereocenters. The van der Waals surface area contributed by atoms with Crippen molar-refractivity contribution in [3.63, 3.8) is 0 Å². The molecule has 5 heteroatoms. The number of rotatable bonds is 5. The third-order valence-electron chi connectivity index (χ3n) is 2.85. The van der Waals surface area contributed by atoms with Crippen LogP contribution in [0.4, 0.5) is 4.79 Å². The second-order valence-electron chi connectivity index (χ2n) is 4.36. The van der Waals surface area contributed by atoms with E-state index in [1.807, 2.05) is 30.3 Å². The van der Waals surface area contributed by atoms with Gasteiger partial charge in [0.2, 0.25) is 0 Å². The molecule has 1 saturated carbocycles. The maximum absolute atomic E-state index is 11.5. The number of hydrogen-bond acceptors (Lipinski definition) is 3. The van der Waals surface area contributed by atoms with Crippen molar-refractivity contribution in [2.75, 3.05) is 0 Å². The molecule has 0 radical (unpaired) electrons. The number of carboxylic acids is 1. The van der Waals surface area contributed by atoms with Gasteiger partial charge in [-0.15, -0.1) is 0 Å². The van der Waals surface area contributed by atoms with Crippen molar-refractivity contribution in [2.45, 2.75) is 25.5 Å². The van der Waals surface area contributed by atoms with Crippen LogP contribution < -0.4 is 5.32 Å². The van der Waals surface area contributed by atoms with Gasteiger partial charge in [-0.2, -0.15) is 0 Å². The zero-order chi connectivity index (χ0) is 13.0. The topological polar surface area (TPSA) is 75.6 Å². The molecule has 0 spiro atoms. The number of benzene rings is 1. The summed E-state index contributed by atoms with van der Waals surface area (Å²) >= 11 is 0. The molecule has 1 fully saturated rings. The quantitative estimate of drug-likeness (QED) is 0.834. The highest BCUT2D eigenvalue weighted by molar-refractivity contribution is 5.80. The van der Waals surface area contributed by atoms with Gasteiger partial charge in [-0.25, -0.2) is 9.59 Å². The lowest BCUT2D eigenvalue weighted by molar-refractivity contribution is -0.139. The SMILES string of the molecule is O=C(N[C@@H](C(=O)O)C1CC1)OCc1ccccc1. The highest BCUT2D eigenvalue weighted by Crippen LogP contribution is 2.32. The van der Waals surface area contributed by atoms with E-state index in [4.69, 9.17) is 9.84 Å². The van der Waals surface area contributed by atoms with Crippen LogP contribution in [0.15, 0.2) is 30.3 Å². The summed E-state index contributed by atoms with van der Waals surface area (Å²) in [5.74, 6) is -0.957. The molecule has 0 aliphatic heterocycles. The summed E-state index contributed by atoms with van der Waals surface area (Å²) in [7, 11) is 0. The first-order valence-electron chi connectivity index (χ1n) is 5.87. The molecule has 18 heavy (non-hydrogen) atoms. The maximum Gasteiger partial charge on any atom is 0.408 e. The Bertz CT molecular complexity index is 428. The third kappa shape index (κ3) is 3.48. The molecule has 1 aromatic rings. The van der Waals surface area contributed by atoms with Crippen molar-refractivity contribution < 1.29 is 19.4 Å². The summed E-state index contributed by atoms with van der Waals surface area (Å²) in [4.78, 5) is 22.4. The Kier molecular flexibility index (Phi) is 3.82. The first-order valence-corrected chi connectivity index (χ1v) is 5.87. The Morgan fingerprint density at radius 2 is 2.00 bits per heavy atom. The van der Waals surface area contributed by atoms with Crippen LogP contribution in [0.3, 0.4) is 0 Å². The molecule has 96 valence electrons. The zero-order valence-electron chi connectivity index (χ0n) is 9.83. The molecule has 0 saturated heterocycles. The highest BCUT2D eigenvalue weighted by Gasteiger charge is 2.37. The predicted molar refractivity (Wildman–Crippen MR) is 63.9 cm³/mol. The molecule has 0 heterocycles. The molecule has 2 N–H and O–H groups in total.